The number of carbonyl (C=O) groups excluding carboxylic acids is 1. The third-order valence-corrected chi connectivity index (χ3v) is 5.11. The lowest BCUT2D eigenvalue weighted by atomic mass is 9.55. The number of fused-ring (bicyclic) bond motifs is 2. The molecule has 0 aromatic heterocycles. The molecule has 2 saturated carbocycles. The summed E-state index contributed by atoms with van der Waals surface area (Å²) in [6.07, 6.45) is 2.86. The van der Waals surface area contributed by atoms with E-state index in [0.717, 1.165) is 24.8 Å². The van der Waals surface area contributed by atoms with E-state index in [2.05, 4.69) is 20.1 Å². The van der Waals surface area contributed by atoms with E-state index in [1.807, 2.05) is 0 Å². The Morgan fingerprint density at radius 3 is 2.83 bits per heavy atom. The summed E-state index contributed by atoms with van der Waals surface area (Å²) in [7, 11) is 0. The van der Waals surface area contributed by atoms with Crippen molar-refractivity contribution in [2.24, 2.45) is 17.3 Å². The number of aliphatic hydroxyl groups excluding tert-OH is 1. The predicted octanol–water partition coefficient (Wildman–Crippen LogP) is 2.21. The molecule has 0 radical (unpaired) electrons. The second-order valence-electron chi connectivity index (χ2n) is 6.44. The highest BCUT2D eigenvalue weighted by molar-refractivity contribution is 5.90. The smallest absolute Gasteiger partial charge is 0.334 e. The zero-order valence-corrected chi connectivity index (χ0v) is 10.8. The lowest BCUT2D eigenvalue weighted by Crippen LogP contribution is -2.46. The van der Waals surface area contributed by atoms with Gasteiger partial charge in [0, 0.05) is 11.5 Å². The second-order valence-corrected chi connectivity index (χ2v) is 6.44. The van der Waals surface area contributed by atoms with E-state index in [0.29, 0.717) is 17.9 Å². The Hall–Kier alpha value is -1.09. The van der Waals surface area contributed by atoms with Crippen molar-refractivity contribution in [2.45, 2.75) is 44.8 Å². The minimum atomic E-state index is -0.296. The Kier molecular flexibility index (Phi) is 2.46. The molecule has 3 rings (SSSR count). The van der Waals surface area contributed by atoms with Crippen LogP contribution in [0.2, 0.25) is 0 Å². The summed E-state index contributed by atoms with van der Waals surface area (Å²) < 4.78 is 5.41. The first-order chi connectivity index (χ1) is 8.40. The summed E-state index contributed by atoms with van der Waals surface area (Å²) >= 11 is 0. The quantitative estimate of drug-likeness (QED) is 0.406. The van der Waals surface area contributed by atoms with E-state index < -0.39 is 0 Å². The average Bonchev–Trinajstić information content (AvgIpc) is 2.50. The third-order valence-electron chi connectivity index (χ3n) is 5.11. The number of hydrogen-bond donors (Lipinski definition) is 1. The van der Waals surface area contributed by atoms with E-state index in [1.54, 1.807) is 0 Å². The minimum absolute atomic E-state index is 0.0147. The summed E-state index contributed by atoms with van der Waals surface area (Å²) in [6, 6.07) is 0. The first kappa shape index (κ1) is 12.0. The van der Waals surface area contributed by atoms with Crippen molar-refractivity contribution >= 4 is 5.97 Å². The van der Waals surface area contributed by atoms with Gasteiger partial charge in [-0.2, -0.15) is 0 Å². The van der Waals surface area contributed by atoms with Crippen molar-refractivity contribution in [3.05, 3.63) is 24.3 Å². The van der Waals surface area contributed by atoms with Crippen LogP contribution < -0.4 is 0 Å². The van der Waals surface area contributed by atoms with Crippen molar-refractivity contribution in [1.82, 2.24) is 0 Å². The van der Waals surface area contributed by atoms with Crippen LogP contribution in [0.4, 0.5) is 0 Å². The topological polar surface area (TPSA) is 46.5 Å². The summed E-state index contributed by atoms with van der Waals surface area (Å²) in [5, 5.41) is 9.94. The maximum Gasteiger partial charge on any atom is 0.334 e. The van der Waals surface area contributed by atoms with Crippen LogP contribution in [-0.4, -0.2) is 23.3 Å². The van der Waals surface area contributed by atoms with Gasteiger partial charge >= 0.3 is 5.97 Å². The van der Waals surface area contributed by atoms with Gasteiger partial charge in [0.05, 0.1) is 6.10 Å². The molecule has 2 aliphatic carbocycles. The first-order valence-corrected chi connectivity index (χ1v) is 6.66. The van der Waals surface area contributed by atoms with Crippen molar-refractivity contribution in [1.29, 1.82) is 0 Å². The van der Waals surface area contributed by atoms with Gasteiger partial charge in [-0.15, -0.1) is 0 Å². The van der Waals surface area contributed by atoms with Crippen molar-refractivity contribution in [3.63, 3.8) is 0 Å². The summed E-state index contributed by atoms with van der Waals surface area (Å²) in [5.74, 6) is 0.300. The van der Waals surface area contributed by atoms with Gasteiger partial charge in [-0.3, -0.25) is 0 Å². The third kappa shape index (κ3) is 1.57. The van der Waals surface area contributed by atoms with Gasteiger partial charge in [-0.05, 0) is 37.0 Å². The highest BCUT2D eigenvalue weighted by Crippen LogP contribution is 2.56. The van der Waals surface area contributed by atoms with Crippen molar-refractivity contribution in [3.8, 4) is 0 Å². The lowest BCUT2D eigenvalue weighted by molar-refractivity contribution is -0.142. The molecule has 1 saturated heterocycles. The van der Waals surface area contributed by atoms with E-state index in [-0.39, 0.29) is 29.5 Å². The first-order valence-electron chi connectivity index (χ1n) is 6.66. The highest BCUT2D eigenvalue weighted by Gasteiger charge is 2.53. The zero-order valence-electron chi connectivity index (χ0n) is 10.8. The maximum atomic E-state index is 11.6. The van der Waals surface area contributed by atoms with Crippen LogP contribution in [0.3, 0.4) is 0 Å². The normalized spacial score (nSPS) is 47.6. The van der Waals surface area contributed by atoms with E-state index in [1.165, 1.54) is 0 Å². The molecule has 0 spiro atoms. The molecule has 0 bridgehead atoms. The Balaban J connectivity index is 1.91. The van der Waals surface area contributed by atoms with E-state index >= 15 is 0 Å². The van der Waals surface area contributed by atoms with Crippen LogP contribution in [0.15, 0.2) is 24.3 Å². The molecule has 0 amide bonds. The maximum absolute atomic E-state index is 11.6. The summed E-state index contributed by atoms with van der Waals surface area (Å²) in [5.41, 5.74) is 1.77. The lowest BCUT2D eigenvalue weighted by Gasteiger charge is -2.50. The molecular formula is C15H20O3. The highest BCUT2D eigenvalue weighted by atomic mass is 16.6. The van der Waals surface area contributed by atoms with Gasteiger partial charge in [0.15, 0.2) is 0 Å². The van der Waals surface area contributed by atoms with Gasteiger partial charge in [-0.1, -0.05) is 25.7 Å². The molecule has 0 aromatic rings. The average molecular weight is 248 g/mol. The van der Waals surface area contributed by atoms with Gasteiger partial charge in [0.25, 0.3) is 0 Å². The molecule has 3 nitrogen and oxygen atoms in total. The van der Waals surface area contributed by atoms with E-state index in [4.69, 9.17) is 4.74 Å². The second kappa shape index (κ2) is 3.70. The van der Waals surface area contributed by atoms with Gasteiger partial charge in [-0.25, -0.2) is 4.79 Å². The molecule has 1 N–H and O–H groups in total. The molecule has 1 aliphatic heterocycles. The van der Waals surface area contributed by atoms with Crippen LogP contribution in [0.25, 0.3) is 0 Å². The van der Waals surface area contributed by atoms with Gasteiger partial charge in [0.1, 0.15) is 6.10 Å². The molecule has 0 aromatic carbocycles. The number of hydrogen-bond acceptors (Lipinski definition) is 3. The van der Waals surface area contributed by atoms with Crippen LogP contribution in [-0.2, 0) is 9.53 Å². The predicted molar refractivity (Wildman–Crippen MR) is 67.7 cm³/mol. The van der Waals surface area contributed by atoms with Crippen molar-refractivity contribution in [2.75, 3.05) is 0 Å². The monoisotopic (exact) mass is 248 g/mol. The SMILES string of the molecule is C=C1C(=O)OC2C[C@@]3(C)C[C@@H](O)CC(=C)C3CC12. The molecule has 3 heteroatoms. The number of esters is 1. The standard InChI is InChI=1S/C15H20O3/c1-8-4-10(16)6-15(3)7-13-11(5-12(8)15)9(2)14(17)18-13/h10-13,16H,1-2,4-7H2,3H3/t10-,11?,12?,13?,15+/m0/s1. The van der Waals surface area contributed by atoms with Crippen LogP contribution >= 0.6 is 0 Å². The van der Waals surface area contributed by atoms with Crippen LogP contribution in [0.5, 0.6) is 0 Å². The molecule has 5 atom stereocenters. The fraction of sp³-hybridized carbons (Fsp3) is 0.667. The molecular weight excluding hydrogens is 228 g/mol. The molecule has 3 fully saturated rings. The number of ether oxygens (including phenoxy) is 1. The van der Waals surface area contributed by atoms with Gasteiger partial charge < -0.3 is 9.84 Å². The zero-order chi connectivity index (χ0) is 13.1. The largest absolute Gasteiger partial charge is 0.458 e. The Labute approximate surface area is 108 Å². The molecule has 98 valence electrons. The Morgan fingerprint density at radius 1 is 1.39 bits per heavy atom. The Bertz CT molecular complexity index is 439. The Morgan fingerprint density at radius 2 is 2.11 bits per heavy atom. The van der Waals surface area contributed by atoms with Crippen LogP contribution in [0, 0.1) is 17.3 Å². The molecule has 3 aliphatic rings. The number of carbonyl (C=O) groups is 1. The van der Waals surface area contributed by atoms with Crippen LogP contribution in [0.1, 0.15) is 32.6 Å². The fourth-order valence-electron chi connectivity index (χ4n) is 4.23. The fourth-order valence-corrected chi connectivity index (χ4v) is 4.23. The van der Waals surface area contributed by atoms with Crippen molar-refractivity contribution < 1.29 is 14.6 Å². The minimum Gasteiger partial charge on any atom is -0.458 e. The summed E-state index contributed by atoms with van der Waals surface area (Å²) in [6.45, 7) is 10.2. The molecule has 1 heterocycles. The number of rotatable bonds is 0. The van der Waals surface area contributed by atoms with Gasteiger partial charge in [0.2, 0.25) is 0 Å². The molecule has 18 heavy (non-hydrogen) atoms. The van der Waals surface area contributed by atoms with E-state index in [9.17, 15) is 9.90 Å². The molecule has 3 unspecified atom stereocenters. The summed E-state index contributed by atoms with van der Waals surface area (Å²) in [4.78, 5) is 11.6. The number of aliphatic hydroxyl groups is 1.